The van der Waals surface area contributed by atoms with Gasteiger partial charge in [0.25, 0.3) is 0 Å². The Hall–Kier alpha value is -1.82. The fraction of sp³-hybridized carbons (Fsp3) is 0.231. The molecular weight excluding hydrogens is 308 g/mol. The lowest BCUT2D eigenvalue weighted by Crippen LogP contribution is -2.05. The molecule has 0 aliphatic carbocycles. The Kier molecular flexibility index (Phi) is 4.57. The standard InChI is InChI=1S/C13H15BrN4O/c1-2-6-19-13-11(15)12(16-8-17-13)18-10-5-3-4-9(14)7-10/h3-5,7-8H,2,6,15H2,1H3,(H,16,17,18). The summed E-state index contributed by atoms with van der Waals surface area (Å²) in [7, 11) is 0. The normalized spacial score (nSPS) is 10.2. The van der Waals surface area contributed by atoms with Crippen LogP contribution in [0.15, 0.2) is 35.1 Å². The highest BCUT2D eigenvalue weighted by atomic mass is 79.9. The maximum Gasteiger partial charge on any atom is 0.242 e. The van der Waals surface area contributed by atoms with Crippen LogP contribution in [-0.4, -0.2) is 16.6 Å². The van der Waals surface area contributed by atoms with Gasteiger partial charge in [0, 0.05) is 10.2 Å². The third-order valence-corrected chi connectivity index (χ3v) is 2.87. The van der Waals surface area contributed by atoms with Gasteiger partial charge in [-0.2, -0.15) is 4.98 Å². The summed E-state index contributed by atoms with van der Waals surface area (Å²) >= 11 is 3.41. The second-order valence-corrected chi connectivity index (χ2v) is 4.84. The summed E-state index contributed by atoms with van der Waals surface area (Å²) in [5.41, 5.74) is 7.29. The fourth-order valence-corrected chi connectivity index (χ4v) is 1.89. The Morgan fingerprint density at radius 1 is 1.37 bits per heavy atom. The highest BCUT2D eigenvalue weighted by Crippen LogP contribution is 2.28. The van der Waals surface area contributed by atoms with E-state index in [9.17, 15) is 0 Å². The third kappa shape index (κ3) is 3.57. The molecule has 1 aromatic carbocycles. The minimum Gasteiger partial charge on any atom is -0.476 e. The average Bonchev–Trinajstić information content (AvgIpc) is 2.40. The summed E-state index contributed by atoms with van der Waals surface area (Å²) in [6.45, 7) is 2.61. The Balaban J connectivity index is 2.20. The number of hydrogen-bond acceptors (Lipinski definition) is 5. The van der Waals surface area contributed by atoms with E-state index in [0.29, 0.717) is 24.0 Å². The number of nitrogens with two attached hydrogens (primary N) is 1. The van der Waals surface area contributed by atoms with Gasteiger partial charge in [-0.25, -0.2) is 4.98 Å². The van der Waals surface area contributed by atoms with Crippen molar-refractivity contribution in [2.75, 3.05) is 17.7 Å². The van der Waals surface area contributed by atoms with E-state index in [2.05, 4.69) is 31.2 Å². The molecule has 0 unspecified atom stereocenters. The van der Waals surface area contributed by atoms with Crippen molar-refractivity contribution in [1.82, 2.24) is 9.97 Å². The molecule has 0 amide bonds. The summed E-state index contributed by atoms with van der Waals surface area (Å²) in [5, 5.41) is 3.14. The second kappa shape index (κ2) is 6.38. The van der Waals surface area contributed by atoms with E-state index in [1.165, 1.54) is 6.33 Å². The van der Waals surface area contributed by atoms with Crippen LogP contribution >= 0.6 is 15.9 Å². The molecular formula is C13H15BrN4O. The molecule has 0 aliphatic heterocycles. The van der Waals surface area contributed by atoms with Crippen LogP contribution in [0.2, 0.25) is 0 Å². The number of halogens is 1. The van der Waals surface area contributed by atoms with Crippen molar-refractivity contribution in [3.63, 3.8) is 0 Å². The van der Waals surface area contributed by atoms with Crippen molar-refractivity contribution < 1.29 is 4.74 Å². The number of nitrogens with one attached hydrogen (secondary N) is 1. The van der Waals surface area contributed by atoms with Gasteiger partial charge in [0.05, 0.1) is 6.61 Å². The van der Waals surface area contributed by atoms with Gasteiger partial charge in [0.15, 0.2) is 5.82 Å². The molecule has 3 N–H and O–H groups in total. The van der Waals surface area contributed by atoms with Crippen LogP contribution in [0.4, 0.5) is 17.2 Å². The van der Waals surface area contributed by atoms with Crippen LogP contribution in [0.1, 0.15) is 13.3 Å². The van der Waals surface area contributed by atoms with Crippen molar-refractivity contribution in [2.24, 2.45) is 0 Å². The summed E-state index contributed by atoms with van der Waals surface area (Å²) < 4.78 is 6.44. The summed E-state index contributed by atoms with van der Waals surface area (Å²) in [6, 6.07) is 7.75. The van der Waals surface area contributed by atoms with Crippen molar-refractivity contribution in [2.45, 2.75) is 13.3 Å². The lowest BCUT2D eigenvalue weighted by Gasteiger charge is -2.11. The first kappa shape index (κ1) is 13.6. The first-order chi connectivity index (χ1) is 9.20. The number of hydrogen-bond donors (Lipinski definition) is 2. The maximum atomic E-state index is 5.99. The molecule has 19 heavy (non-hydrogen) atoms. The number of anilines is 3. The van der Waals surface area contributed by atoms with Gasteiger partial charge in [-0.3, -0.25) is 0 Å². The molecule has 0 radical (unpaired) electrons. The second-order valence-electron chi connectivity index (χ2n) is 3.92. The Morgan fingerprint density at radius 2 is 2.21 bits per heavy atom. The largest absolute Gasteiger partial charge is 0.476 e. The van der Waals surface area contributed by atoms with Gasteiger partial charge in [-0.15, -0.1) is 0 Å². The van der Waals surface area contributed by atoms with Gasteiger partial charge < -0.3 is 15.8 Å². The third-order valence-electron chi connectivity index (χ3n) is 2.38. The number of ether oxygens (including phenoxy) is 1. The van der Waals surface area contributed by atoms with Crippen LogP contribution in [0, 0.1) is 0 Å². The van der Waals surface area contributed by atoms with Crippen LogP contribution in [0.3, 0.4) is 0 Å². The number of nitrogen functional groups attached to an aromatic ring is 1. The van der Waals surface area contributed by atoms with Crippen molar-refractivity contribution in [1.29, 1.82) is 0 Å². The van der Waals surface area contributed by atoms with E-state index in [1.807, 2.05) is 31.2 Å². The fourth-order valence-electron chi connectivity index (χ4n) is 1.50. The molecule has 0 saturated heterocycles. The summed E-state index contributed by atoms with van der Waals surface area (Å²) in [5.74, 6) is 0.952. The van der Waals surface area contributed by atoms with E-state index >= 15 is 0 Å². The van der Waals surface area contributed by atoms with E-state index < -0.39 is 0 Å². The maximum absolute atomic E-state index is 5.99. The van der Waals surface area contributed by atoms with Crippen LogP contribution in [0.5, 0.6) is 5.88 Å². The Bertz CT molecular complexity index is 562. The van der Waals surface area contributed by atoms with Gasteiger partial charge >= 0.3 is 0 Å². The highest BCUT2D eigenvalue weighted by molar-refractivity contribution is 9.10. The molecule has 2 rings (SSSR count). The molecule has 5 nitrogen and oxygen atoms in total. The SMILES string of the molecule is CCCOc1ncnc(Nc2cccc(Br)c2)c1N. The molecule has 0 bridgehead atoms. The zero-order valence-electron chi connectivity index (χ0n) is 10.6. The predicted molar refractivity (Wildman–Crippen MR) is 79.7 cm³/mol. The van der Waals surface area contributed by atoms with Gasteiger partial charge in [0.1, 0.15) is 12.0 Å². The molecule has 1 aromatic heterocycles. The smallest absolute Gasteiger partial charge is 0.242 e. The van der Waals surface area contributed by atoms with E-state index in [1.54, 1.807) is 0 Å². The molecule has 0 fully saturated rings. The minimum atomic E-state index is 0.411. The topological polar surface area (TPSA) is 73.1 Å². The first-order valence-corrected chi connectivity index (χ1v) is 6.76. The van der Waals surface area contributed by atoms with Crippen molar-refractivity contribution in [3.8, 4) is 5.88 Å². The van der Waals surface area contributed by atoms with E-state index in [0.717, 1.165) is 16.6 Å². The summed E-state index contributed by atoms with van der Waals surface area (Å²) in [6.07, 6.45) is 2.33. The van der Waals surface area contributed by atoms with Crippen molar-refractivity contribution >= 4 is 33.1 Å². The zero-order valence-corrected chi connectivity index (χ0v) is 12.1. The van der Waals surface area contributed by atoms with Crippen molar-refractivity contribution in [3.05, 3.63) is 35.1 Å². The Morgan fingerprint density at radius 3 is 2.95 bits per heavy atom. The molecule has 0 aliphatic rings. The lowest BCUT2D eigenvalue weighted by molar-refractivity contribution is 0.307. The molecule has 6 heteroatoms. The molecule has 2 aromatic rings. The number of nitrogens with zero attached hydrogens (tertiary/aromatic N) is 2. The van der Waals surface area contributed by atoms with Crippen LogP contribution in [0.25, 0.3) is 0 Å². The van der Waals surface area contributed by atoms with Crippen LogP contribution < -0.4 is 15.8 Å². The average molecular weight is 323 g/mol. The zero-order chi connectivity index (χ0) is 13.7. The van der Waals surface area contributed by atoms with E-state index in [4.69, 9.17) is 10.5 Å². The number of rotatable bonds is 5. The number of benzene rings is 1. The lowest BCUT2D eigenvalue weighted by atomic mass is 10.3. The monoisotopic (exact) mass is 322 g/mol. The predicted octanol–water partition coefficient (Wildman–Crippen LogP) is 3.35. The van der Waals surface area contributed by atoms with Gasteiger partial charge in [0.2, 0.25) is 5.88 Å². The molecule has 1 heterocycles. The minimum absolute atomic E-state index is 0.411. The molecule has 0 spiro atoms. The Labute approximate surface area is 120 Å². The highest BCUT2D eigenvalue weighted by Gasteiger charge is 2.09. The van der Waals surface area contributed by atoms with Crippen LogP contribution in [-0.2, 0) is 0 Å². The van der Waals surface area contributed by atoms with Gasteiger partial charge in [-0.05, 0) is 24.6 Å². The summed E-state index contributed by atoms with van der Waals surface area (Å²) in [4.78, 5) is 8.16. The molecule has 0 saturated carbocycles. The molecule has 0 atom stereocenters. The quantitative estimate of drug-likeness (QED) is 0.883. The first-order valence-electron chi connectivity index (χ1n) is 5.96. The van der Waals surface area contributed by atoms with E-state index in [-0.39, 0.29) is 0 Å². The number of aromatic nitrogens is 2. The van der Waals surface area contributed by atoms with Gasteiger partial charge in [-0.1, -0.05) is 28.9 Å². The molecule has 100 valence electrons.